The van der Waals surface area contributed by atoms with E-state index in [0.717, 1.165) is 18.4 Å². The summed E-state index contributed by atoms with van der Waals surface area (Å²) in [4.78, 5) is 60.3. The highest BCUT2D eigenvalue weighted by Gasteiger charge is 2.63. The van der Waals surface area contributed by atoms with Crippen molar-refractivity contribution in [1.82, 2.24) is 10.3 Å². The molecule has 45 heavy (non-hydrogen) atoms. The van der Waals surface area contributed by atoms with Gasteiger partial charge in [-0.2, -0.15) is 0 Å². The summed E-state index contributed by atoms with van der Waals surface area (Å²) in [7, 11) is 1.60. The largest absolute Gasteiger partial charge is 0.496 e. The number of nitrogens with zero attached hydrogens (tertiary/aromatic N) is 2. The molecule has 3 aromatic rings. The number of aromatic nitrogens is 1. The first-order valence-electron chi connectivity index (χ1n) is 15.2. The van der Waals surface area contributed by atoms with Crippen LogP contribution in [0.3, 0.4) is 0 Å². The van der Waals surface area contributed by atoms with Crippen LogP contribution in [-0.4, -0.2) is 67.4 Å². The zero-order chi connectivity index (χ0) is 31.9. The minimum atomic E-state index is -1.40. The molecule has 6 rings (SSSR count). The van der Waals surface area contributed by atoms with E-state index in [1.807, 2.05) is 31.2 Å². The Hall–Kier alpha value is -3.87. The van der Waals surface area contributed by atoms with Crippen molar-refractivity contribution in [3.8, 4) is 16.5 Å². The fraction of sp³-hybridized carbons (Fsp3) is 0.485. The van der Waals surface area contributed by atoms with Gasteiger partial charge in [0, 0.05) is 24.7 Å². The van der Waals surface area contributed by atoms with Crippen molar-refractivity contribution in [3.63, 3.8) is 0 Å². The molecule has 12 heteroatoms. The summed E-state index contributed by atoms with van der Waals surface area (Å²) in [6.45, 7) is 6.16. The predicted molar refractivity (Wildman–Crippen MR) is 165 cm³/mol. The summed E-state index contributed by atoms with van der Waals surface area (Å²) >= 11 is 1.29. The summed E-state index contributed by atoms with van der Waals surface area (Å²) in [5.74, 6) is -0.738. The molecule has 2 aliphatic heterocycles. The van der Waals surface area contributed by atoms with E-state index in [1.165, 1.54) is 30.7 Å². The highest BCUT2D eigenvalue weighted by atomic mass is 32.1. The number of thiophene rings is 1. The Balaban J connectivity index is 1.39. The number of anilines is 1. The molecule has 3 aliphatic rings. The van der Waals surface area contributed by atoms with E-state index >= 15 is 0 Å². The lowest BCUT2D eigenvalue weighted by Crippen LogP contribution is -2.62. The normalized spacial score (nSPS) is 22.9. The van der Waals surface area contributed by atoms with Gasteiger partial charge in [-0.05, 0) is 58.1 Å². The highest BCUT2D eigenvalue weighted by Crippen LogP contribution is 2.57. The number of methoxy groups -OCH3 is 1. The molecule has 1 saturated heterocycles. The maximum absolute atomic E-state index is 14.6. The first-order valence-corrected chi connectivity index (χ1v) is 16.0. The van der Waals surface area contributed by atoms with Crippen molar-refractivity contribution < 1.29 is 37.8 Å². The predicted octanol–water partition coefficient (Wildman–Crippen LogP) is 4.68. The van der Waals surface area contributed by atoms with E-state index in [0.29, 0.717) is 45.9 Å². The summed E-state index contributed by atoms with van der Waals surface area (Å²) in [6.07, 6.45) is 3.89. The summed E-state index contributed by atoms with van der Waals surface area (Å²) in [6, 6.07) is 6.92. The molecule has 0 unspecified atom stereocenters. The van der Waals surface area contributed by atoms with Gasteiger partial charge in [0.2, 0.25) is 17.7 Å². The number of rotatable bonds is 10. The second kappa shape index (κ2) is 12.5. The van der Waals surface area contributed by atoms with E-state index in [1.54, 1.807) is 18.9 Å². The van der Waals surface area contributed by atoms with Crippen molar-refractivity contribution in [2.75, 3.05) is 31.8 Å². The van der Waals surface area contributed by atoms with E-state index in [-0.39, 0.29) is 48.9 Å². The number of carbonyl (C=O) groups excluding carboxylic acids is 4. The monoisotopic (exact) mass is 635 g/mol. The molecule has 0 radical (unpaired) electrons. The molecule has 2 aromatic heterocycles. The van der Waals surface area contributed by atoms with Crippen LogP contribution in [-0.2, 0) is 23.9 Å². The van der Waals surface area contributed by atoms with Gasteiger partial charge in [0.1, 0.15) is 28.5 Å². The van der Waals surface area contributed by atoms with Gasteiger partial charge in [0.15, 0.2) is 11.6 Å². The van der Waals surface area contributed by atoms with Gasteiger partial charge in [-0.1, -0.05) is 18.2 Å². The molecule has 2 fully saturated rings. The molecule has 4 heterocycles. The van der Waals surface area contributed by atoms with Gasteiger partial charge in [0.05, 0.1) is 42.4 Å². The van der Waals surface area contributed by atoms with Crippen molar-refractivity contribution >= 4 is 39.7 Å². The van der Waals surface area contributed by atoms with Crippen LogP contribution in [0.2, 0.25) is 0 Å². The van der Waals surface area contributed by atoms with Crippen molar-refractivity contribution in [3.05, 3.63) is 53.4 Å². The van der Waals surface area contributed by atoms with Gasteiger partial charge in [-0.3, -0.25) is 24.1 Å². The van der Waals surface area contributed by atoms with Gasteiger partial charge in [0.25, 0.3) is 0 Å². The van der Waals surface area contributed by atoms with E-state index < -0.39 is 23.5 Å². The van der Waals surface area contributed by atoms with Crippen LogP contribution in [0.25, 0.3) is 10.8 Å². The molecule has 1 aromatic carbocycles. The zero-order valence-corrected chi connectivity index (χ0v) is 26.6. The standard InChI is InChI=1S/C33H37N3O8S/c1-18-26-28(38)33(15-21(16-33)29(39)35-19(2)20(3)37)32(40)36(31(26)45-27(18)30-34-11-14-43-30)17-25(44-22-9-12-42-13-10-22)23-7-5-6-8-24(23)41-4/h5-8,11,14,19,21-22,25H,9-10,12-13,15-17H2,1-4H3,(H,35,39)/t19-,21?,25-,33?/m0/s1. The van der Waals surface area contributed by atoms with Crippen molar-refractivity contribution in [2.24, 2.45) is 11.3 Å². The molecule has 1 spiro atoms. The average Bonchev–Trinajstić information content (AvgIpc) is 3.66. The number of Topliss-reactive ketones (excluding diaryl/α,β-unsaturated/α-hetero) is 2. The number of carbonyl (C=O) groups is 4. The van der Waals surface area contributed by atoms with Crippen LogP contribution in [0.15, 0.2) is 41.1 Å². The Morgan fingerprint density at radius 1 is 1.20 bits per heavy atom. The average molecular weight is 636 g/mol. The molecule has 1 aliphatic carbocycles. The lowest BCUT2D eigenvalue weighted by Gasteiger charge is -2.49. The molecule has 1 N–H and O–H groups in total. The molecule has 2 atom stereocenters. The Morgan fingerprint density at radius 3 is 2.60 bits per heavy atom. The lowest BCUT2D eigenvalue weighted by atomic mass is 9.56. The smallest absolute Gasteiger partial charge is 0.241 e. The molecule has 238 valence electrons. The molecule has 2 amide bonds. The summed E-state index contributed by atoms with van der Waals surface area (Å²) in [5, 5.41) is 3.23. The molecular weight excluding hydrogens is 598 g/mol. The van der Waals surface area contributed by atoms with Gasteiger partial charge in [-0.15, -0.1) is 11.3 Å². The topological polar surface area (TPSA) is 137 Å². The molecule has 1 saturated carbocycles. The highest BCUT2D eigenvalue weighted by molar-refractivity contribution is 7.20. The second-order valence-electron chi connectivity index (χ2n) is 12.0. The maximum atomic E-state index is 14.6. The van der Waals surface area contributed by atoms with E-state index in [4.69, 9.17) is 18.6 Å². The van der Waals surface area contributed by atoms with Crippen molar-refractivity contribution in [1.29, 1.82) is 0 Å². The number of amides is 2. The minimum Gasteiger partial charge on any atom is -0.496 e. The third kappa shape index (κ3) is 5.59. The van der Waals surface area contributed by atoms with Crippen LogP contribution in [0.4, 0.5) is 5.00 Å². The fourth-order valence-corrected chi connectivity index (χ4v) is 7.72. The molecular formula is C33H37N3O8S. The van der Waals surface area contributed by atoms with E-state index in [9.17, 15) is 19.2 Å². The van der Waals surface area contributed by atoms with Crippen LogP contribution < -0.4 is 15.0 Å². The Morgan fingerprint density at radius 2 is 1.93 bits per heavy atom. The fourth-order valence-electron chi connectivity index (χ4n) is 6.47. The van der Waals surface area contributed by atoms with Crippen LogP contribution in [0.1, 0.15) is 67.1 Å². The van der Waals surface area contributed by atoms with Gasteiger partial charge in [-0.25, -0.2) is 4.98 Å². The minimum absolute atomic E-state index is 0.0564. The molecule has 11 nitrogen and oxygen atoms in total. The third-order valence-corrected chi connectivity index (χ3v) is 10.5. The van der Waals surface area contributed by atoms with Gasteiger partial charge >= 0.3 is 0 Å². The number of para-hydroxylation sites is 1. The lowest BCUT2D eigenvalue weighted by molar-refractivity contribution is -0.141. The number of oxazole rings is 1. The van der Waals surface area contributed by atoms with Crippen LogP contribution in [0, 0.1) is 18.3 Å². The quantitative estimate of drug-likeness (QED) is 0.315. The summed E-state index contributed by atoms with van der Waals surface area (Å²) in [5.41, 5.74) is 0.500. The van der Waals surface area contributed by atoms with E-state index in [2.05, 4.69) is 10.3 Å². The number of ketones is 2. The Kier molecular flexibility index (Phi) is 8.64. The maximum Gasteiger partial charge on any atom is 0.241 e. The van der Waals surface area contributed by atoms with Crippen LogP contribution in [0.5, 0.6) is 5.75 Å². The third-order valence-electron chi connectivity index (χ3n) is 9.20. The SMILES string of the molecule is COc1ccccc1[C@H](CN1C(=O)C2(CC(C(=O)N[C@@H](C)C(C)=O)C2)C(=O)c2c1sc(-c1ncco1)c2C)OC1CCOCC1. The first kappa shape index (κ1) is 31.1. The van der Waals surface area contributed by atoms with Gasteiger partial charge < -0.3 is 23.9 Å². The second-order valence-corrected chi connectivity index (χ2v) is 13.0. The number of hydrogen-bond acceptors (Lipinski definition) is 10. The Bertz CT molecular complexity index is 1600. The Labute approximate surface area is 265 Å². The number of fused-ring (bicyclic) bond motifs is 1. The number of nitrogens with one attached hydrogen (secondary N) is 1. The van der Waals surface area contributed by atoms with Crippen molar-refractivity contribution in [2.45, 2.75) is 64.7 Å². The molecule has 0 bridgehead atoms. The van der Waals surface area contributed by atoms with Crippen LogP contribution >= 0.6 is 11.3 Å². The first-order chi connectivity index (χ1) is 21.6. The zero-order valence-electron chi connectivity index (χ0n) is 25.8. The number of ether oxygens (including phenoxy) is 3. The number of hydrogen-bond donors (Lipinski definition) is 1. The summed E-state index contributed by atoms with van der Waals surface area (Å²) < 4.78 is 23.6. The number of benzene rings is 1.